The second-order valence-corrected chi connectivity index (χ2v) is 4.48. The molecular formula is C12H18N2O. The number of aryl methyl sites for hydroxylation is 1. The van der Waals surface area contributed by atoms with Crippen LogP contribution in [0.5, 0.6) is 0 Å². The summed E-state index contributed by atoms with van der Waals surface area (Å²) in [6.45, 7) is 5.58. The van der Waals surface area contributed by atoms with Crippen molar-refractivity contribution in [1.29, 1.82) is 0 Å². The van der Waals surface area contributed by atoms with Gasteiger partial charge in [-0.05, 0) is 39.2 Å². The number of hydrogen-bond acceptors (Lipinski definition) is 2. The largest absolute Gasteiger partial charge is 0.363 e. The van der Waals surface area contributed by atoms with Gasteiger partial charge in [0.1, 0.15) is 0 Å². The summed E-state index contributed by atoms with van der Waals surface area (Å²) in [6, 6.07) is 0. The molecule has 1 aliphatic carbocycles. The molecule has 3 heteroatoms. The van der Waals surface area contributed by atoms with Crippen LogP contribution in [0, 0.1) is 19.8 Å². The van der Waals surface area contributed by atoms with Gasteiger partial charge in [0, 0.05) is 29.6 Å². The van der Waals surface area contributed by atoms with Crippen molar-refractivity contribution in [2.45, 2.75) is 33.2 Å². The SMILES string of the molecule is Cc1c[nH]c(CNCC2CC2)c(C)c1=O. The molecule has 0 aromatic carbocycles. The summed E-state index contributed by atoms with van der Waals surface area (Å²) in [7, 11) is 0. The third-order valence-corrected chi connectivity index (χ3v) is 3.05. The minimum Gasteiger partial charge on any atom is -0.363 e. The van der Waals surface area contributed by atoms with Crippen LogP contribution in [0.4, 0.5) is 0 Å². The highest BCUT2D eigenvalue weighted by molar-refractivity contribution is 5.23. The van der Waals surface area contributed by atoms with E-state index < -0.39 is 0 Å². The van der Waals surface area contributed by atoms with Crippen LogP contribution < -0.4 is 10.7 Å². The first kappa shape index (κ1) is 10.4. The van der Waals surface area contributed by atoms with Crippen LogP contribution in [0.25, 0.3) is 0 Å². The monoisotopic (exact) mass is 206 g/mol. The molecule has 3 nitrogen and oxygen atoms in total. The van der Waals surface area contributed by atoms with Gasteiger partial charge in [-0.2, -0.15) is 0 Å². The lowest BCUT2D eigenvalue weighted by Gasteiger charge is -2.07. The van der Waals surface area contributed by atoms with Gasteiger partial charge in [-0.3, -0.25) is 4.79 Å². The Hall–Kier alpha value is -1.09. The Kier molecular flexibility index (Phi) is 2.91. The first-order chi connectivity index (χ1) is 7.18. The highest BCUT2D eigenvalue weighted by atomic mass is 16.1. The van der Waals surface area contributed by atoms with E-state index >= 15 is 0 Å². The highest BCUT2D eigenvalue weighted by Gasteiger charge is 2.20. The predicted molar refractivity (Wildman–Crippen MR) is 61.0 cm³/mol. The van der Waals surface area contributed by atoms with Gasteiger partial charge in [-0.25, -0.2) is 0 Å². The number of aromatic amines is 1. The molecule has 0 unspecified atom stereocenters. The van der Waals surface area contributed by atoms with Gasteiger partial charge in [0.2, 0.25) is 0 Å². The van der Waals surface area contributed by atoms with E-state index in [4.69, 9.17) is 0 Å². The summed E-state index contributed by atoms with van der Waals surface area (Å²) in [4.78, 5) is 14.8. The van der Waals surface area contributed by atoms with Crippen molar-refractivity contribution in [2.24, 2.45) is 5.92 Å². The van der Waals surface area contributed by atoms with E-state index in [0.717, 1.165) is 35.8 Å². The van der Waals surface area contributed by atoms with Crippen molar-refractivity contribution in [3.05, 3.63) is 33.2 Å². The van der Waals surface area contributed by atoms with Crippen LogP contribution in [0.3, 0.4) is 0 Å². The van der Waals surface area contributed by atoms with Gasteiger partial charge < -0.3 is 10.3 Å². The Bertz CT molecular complexity index is 405. The second kappa shape index (κ2) is 4.19. The fraction of sp³-hybridized carbons (Fsp3) is 0.583. The Labute approximate surface area is 89.9 Å². The third-order valence-electron chi connectivity index (χ3n) is 3.05. The van der Waals surface area contributed by atoms with Gasteiger partial charge in [-0.1, -0.05) is 0 Å². The molecule has 0 bridgehead atoms. The lowest BCUT2D eigenvalue weighted by atomic mass is 10.1. The van der Waals surface area contributed by atoms with E-state index in [0.29, 0.717) is 0 Å². The Balaban J connectivity index is 2.00. The first-order valence-electron chi connectivity index (χ1n) is 5.57. The average molecular weight is 206 g/mol. The quantitative estimate of drug-likeness (QED) is 0.784. The molecule has 1 aromatic heterocycles. The number of nitrogens with one attached hydrogen (secondary N) is 2. The molecule has 2 N–H and O–H groups in total. The number of pyridine rings is 1. The Morgan fingerprint density at radius 3 is 2.87 bits per heavy atom. The van der Waals surface area contributed by atoms with Gasteiger partial charge >= 0.3 is 0 Å². The van der Waals surface area contributed by atoms with Crippen LogP contribution in [-0.2, 0) is 6.54 Å². The zero-order chi connectivity index (χ0) is 10.8. The van der Waals surface area contributed by atoms with Crippen molar-refractivity contribution in [3.63, 3.8) is 0 Å². The first-order valence-corrected chi connectivity index (χ1v) is 5.57. The van der Waals surface area contributed by atoms with Crippen LogP contribution in [0.15, 0.2) is 11.0 Å². The van der Waals surface area contributed by atoms with E-state index in [2.05, 4.69) is 10.3 Å². The van der Waals surface area contributed by atoms with E-state index in [1.165, 1.54) is 12.8 Å². The molecular weight excluding hydrogens is 188 g/mol. The third kappa shape index (κ3) is 2.48. The summed E-state index contributed by atoms with van der Waals surface area (Å²) in [6.07, 6.45) is 4.51. The molecule has 1 heterocycles. The van der Waals surface area contributed by atoms with Crippen LogP contribution in [-0.4, -0.2) is 11.5 Å². The summed E-state index contributed by atoms with van der Waals surface area (Å²) < 4.78 is 0. The van der Waals surface area contributed by atoms with Crippen LogP contribution in [0.2, 0.25) is 0 Å². The molecule has 1 fully saturated rings. The molecule has 1 aliphatic rings. The van der Waals surface area contributed by atoms with E-state index in [1.807, 2.05) is 13.8 Å². The smallest absolute Gasteiger partial charge is 0.187 e. The molecule has 0 spiro atoms. The van der Waals surface area contributed by atoms with E-state index in [9.17, 15) is 4.79 Å². The van der Waals surface area contributed by atoms with Crippen LogP contribution >= 0.6 is 0 Å². The van der Waals surface area contributed by atoms with Crippen molar-refractivity contribution >= 4 is 0 Å². The molecule has 0 saturated heterocycles. The molecule has 0 atom stereocenters. The van der Waals surface area contributed by atoms with Crippen molar-refractivity contribution in [1.82, 2.24) is 10.3 Å². The zero-order valence-electron chi connectivity index (χ0n) is 9.39. The number of aromatic nitrogens is 1. The number of hydrogen-bond donors (Lipinski definition) is 2. The van der Waals surface area contributed by atoms with Crippen LogP contribution in [0.1, 0.15) is 29.7 Å². The van der Waals surface area contributed by atoms with Gasteiger partial charge in [-0.15, -0.1) is 0 Å². The fourth-order valence-corrected chi connectivity index (χ4v) is 1.71. The summed E-state index contributed by atoms with van der Waals surface area (Å²) in [5.74, 6) is 0.877. The van der Waals surface area contributed by atoms with Gasteiger partial charge in [0.05, 0.1) is 0 Å². The standard InChI is InChI=1S/C12H18N2O/c1-8-5-14-11(9(2)12(8)15)7-13-6-10-3-4-10/h5,10,13H,3-4,6-7H2,1-2H3,(H,14,15). The summed E-state index contributed by atoms with van der Waals surface area (Å²) in [5.41, 5.74) is 2.82. The average Bonchev–Trinajstić information content (AvgIpc) is 3.02. The molecule has 15 heavy (non-hydrogen) atoms. The molecule has 0 aliphatic heterocycles. The van der Waals surface area contributed by atoms with Crippen molar-refractivity contribution in [3.8, 4) is 0 Å². The lowest BCUT2D eigenvalue weighted by molar-refractivity contribution is 0.627. The minimum absolute atomic E-state index is 0.164. The van der Waals surface area contributed by atoms with Crippen molar-refractivity contribution < 1.29 is 0 Å². The fourth-order valence-electron chi connectivity index (χ4n) is 1.71. The molecule has 0 radical (unpaired) electrons. The predicted octanol–water partition coefficient (Wildman–Crippen LogP) is 1.49. The maximum absolute atomic E-state index is 11.7. The second-order valence-electron chi connectivity index (χ2n) is 4.48. The summed E-state index contributed by atoms with van der Waals surface area (Å²) in [5, 5.41) is 3.38. The molecule has 82 valence electrons. The molecule has 0 amide bonds. The maximum Gasteiger partial charge on any atom is 0.187 e. The topological polar surface area (TPSA) is 44.9 Å². The lowest BCUT2D eigenvalue weighted by Crippen LogP contribution is -2.21. The zero-order valence-corrected chi connectivity index (χ0v) is 9.39. The van der Waals surface area contributed by atoms with Crippen molar-refractivity contribution in [2.75, 3.05) is 6.54 Å². The van der Waals surface area contributed by atoms with E-state index in [-0.39, 0.29) is 5.43 Å². The normalized spacial score (nSPS) is 15.6. The Morgan fingerprint density at radius 2 is 2.20 bits per heavy atom. The maximum atomic E-state index is 11.7. The van der Waals surface area contributed by atoms with Gasteiger partial charge in [0.25, 0.3) is 0 Å². The van der Waals surface area contributed by atoms with Gasteiger partial charge in [0.15, 0.2) is 5.43 Å². The molecule has 1 aromatic rings. The highest BCUT2D eigenvalue weighted by Crippen LogP contribution is 2.27. The molecule has 2 rings (SSSR count). The Morgan fingerprint density at radius 1 is 1.47 bits per heavy atom. The van der Waals surface area contributed by atoms with E-state index in [1.54, 1.807) is 6.20 Å². The summed E-state index contributed by atoms with van der Waals surface area (Å²) >= 11 is 0. The molecule has 1 saturated carbocycles. The number of H-pyrrole nitrogens is 1. The number of rotatable bonds is 4. The minimum atomic E-state index is 0.164.